The molecule has 2 unspecified atom stereocenters. The van der Waals surface area contributed by atoms with Crippen molar-refractivity contribution in [3.63, 3.8) is 0 Å². The summed E-state index contributed by atoms with van der Waals surface area (Å²) in [7, 11) is 0. The van der Waals surface area contributed by atoms with Gasteiger partial charge in [0.15, 0.2) is 0 Å². The van der Waals surface area contributed by atoms with E-state index >= 15 is 0 Å². The van der Waals surface area contributed by atoms with Crippen LogP contribution in [0.3, 0.4) is 0 Å². The summed E-state index contributed by atoms with van der Waals surface area (Å²) in [5.74, 6) is 0.551. The molecule has 4 aliphatic rings. The minimum atomic E-state index is -0.110. The summed E-state index contributed by atoms with van der Waals surface area (Å²) < 4.78 is 0. The lowest BCUT2D eigenvalue weighted by molar-refractivity contribution is -0.223. The van der Waals surface area contributed by atoms with Gasteiger partial charge in [0, 0.05) is 26.2 Å². The highest BCUT2D eigenvalue weighted by Gasteiger charge is 2.65. The third kappa shape index (κ3) is 1.27. The predicted molar refractivity (Wildman–Crippen MR) is 67.7 cm³/mol. The van der Waals surface area contributed by atoms with Gasteiger partial charge in [-0.2, -0.15) is 0 Å². The number of piperidine rings is 2. The topological polar surface area (TPSA) is 23.6 Å². The number of carbonyl (C=O) groups is 1. The number of nitrogens with zero attached hydrogens (tertiary/aromatic N) is 2. The first kappa shape index (κ1) is 11.7. The monoisotopic (exact) mass is 236 g/mol. The number of hydrogen-bond acceptors (Lipinski definition) is 3. The van der Waals surface area contributed by atoms with E-state index in [1.54, 1.807) is 0 Å². The van der Waals surface area contributed by atoms with Crippen LogP contribution in [0.1, 0.15) is 40.5 Å². The van der Waals surface area contributed by atoms with E-state index in [4.69, 9.17) is 0 Å². The lowest BCUT2D eigenvalue weighted by Crippen LogP contribution is -2.81. The van der Waals surface area contributed by atoms with Crippen LogP contribution in [-0.2, 0) is 4.79 Å². The molecule has 0 radical (unpaired) electrons. The van der Waals surface area contributed by atoms with Crippen LogP contribution in [0.2, 0.25) is 0 Å². The number of carbonyl (C=O) groups excluding carboxylic acids is 1. The molecule has 0 spiro atoms. The Labute approximate surface area is 104 Å². The van der Waals surface area contributed by atoms with Crippen LogP contribution < -0.4 is 0 Å². The SMILES string of the molecule is CCCC12CN3CC(C)(CN(C1)C3(C)C)C2=O. The van der Waals surface area contributed by atoms with E-state index in [1.165, 1.54) is 0 Å². The Kier molecular flexibility index (Phi) is 2.14. The van der Waals surface area contributed by atoms with Gasteiger partial charge in [-0.15, -0.1) is 0 Å². The zero-order chi connectivity index (χ0) is 12.5. The first-order chi connectivity index (χ1) is 7.84. The minimum Gasteiger partial charge on any atom is -0.298 e. The summed E-state index contributed by atoms with van der Waals surface area (Å²) in [5.41, 5.74) is -0.0197. The average Bonchev–Trinajstić information content (AvgIpc) is 2.20. The molecule has 0 aromatic heterocycles. The Bertz CT molecular complexity index is 356. The second kappa shape index (κ2) is 3.12. The standard InChI is InChI=1S/C14H24N2O/c1-5-6-14-9-15-7-13(4,11(14)17)8-16(10-14)12(15,2)3/h5-10H2,1-4H3. The van der Waals surface area contributed by atoms with Crippen LogP contribution in [0.4, 0.5) is 0 Å². The second-order valence-electron chi connectivity index (χ2n) is 7.13. The molecule has 4 rings (SSSR count). The third-order valence-corrected chi connectivity index (χ3v) is 5.37. The number of hydrogen-bond donors (Lipinski definition) is 0. The first-order valence-corrected chi connectivity index (χ1v) is 6.89. The van der Waals surface area contributed by atoms with Crippen molar-refractivity contribution in [2.45, 2.75) is 46.2 Å². The molecule has 4 heterocycles. The van der Waals surface area contributed by atoms with Gasteiger partial charge in [-0.1, -0.05) is 20.3 Å². The molecule has 3 nitrogen and oxygen atoms in total. The summed E-state index contributed by atoms with van der Waals surface area (Å²) in [4.78, 5) is 17.8. The molecule has 0 N–H and O–H groups in total. The van der Waals surface area contributed by atoms with Gasteiger partial charge in [-0.05, 0) is 20.3 Å². The zero-order valence-corrected chi connectivity index (χ0v) is 11.5. The summed E-state index contributed by atoms with van der Waals surface area (Å²) in [6.07, 6.45) is 2.18. The molecule has 4 aliphatic heterocycles. The van der Waals surface area contributed by atoms with Crippen molar-refractivity contribution in [2.24, 2.45) is 10.8 Å². The minimum absolute atomic E-state index is 0.0600. The molecule has 17 heavy (non-hydrogen) atoms. The van der Waals surface area contributed by atoms with E-state index in [0.29, 0.717) is 5.78 Å². The van der Waals surface area contributed by atoms with Gasteiger partial charge in [0.1, 0.15) is 5.78 Å². The van der Waals surface area contributed by atoms with Crippen LogP contribution in [-0.4, -0.2) is 47.4 Å². The number of rotatable bonds is 2. The van der Waals surface area contributed by atoms with Crippen molar-refractivity contribution < 1.29 is 4.79 Å². The largest absolute Gasteiger partial charge is 0.298 e. The van der Waals surface area contributed by atoms with Crippen LogP contribution >= 0.6 is 0 Å². The maximum absolute atomic E-state index is 12.8. The molecular weight excluding hydrogens is 212 g/mol. The Morgan fingerprint density at radius 1 is 1.06 bits per heavy atom. The van der Waals surface area contributed by atoms with Gasteiger partial charge in [0.25, 0.3) is 0 Å². The van der Waals surface area contributed by atoms with Crippen molar-refractivity contribution in [3.8, 4) is 0 Å². The molecule has 0 aromatic rings. The lowest BCUT2D eigenvalue weighted by atomic mass is 9.58. The van der Waals surface area contributed by atoms with E-state index in [9.17, 15) is 4.79 Å². The molecule has 3 heteroatoms. The Morgan fingerprint density at radius 3 is 2.06 bits per heavy atom. The molecule has 96 valence electrons. The van der Waals surface area contributed by atoms with Gasteiger partial charge in [0.05, 0.1) is 16.5 Å². The second-order valence-corrected chi connectivity index (χ2v) is 7.13. The fourth-order valence-corrected chi connectivity index (χ4v) is 4.44. The van der Waals surface area contributed by atoms with Crippen LogP contribution in [0.15, 0.2) is 0 Å². The molecule has 0 aromatic carbocycles. The molecule has 4 bridgehead atoms. The van der Waals surface area contributed by atoms with Crippen molar-refractivity contribution in [2.75, 3.05) is 26.2 Å². The summed E-state index contributed by atoms with van der Waals surface area (Å²) in [6.45, 7) is 12.9. The van der Waals surface area contributed by atoms with E-state index < -0.39 is 0 Å². The van der Waals surface area contributed by atoms with Gasteiger partial charge < -0.3 is 0 Å². The predicted octanol–water partition coefficient (Wildman–Crippen LogP) is 1.73. The molecule has 0 aliphatic carbocycles. The van der Waals surface area contributed by atoms with Gasteiger partial charge in [0.2, 0.25) is 0 Å². The number of Topliss-reactive ketones (excluding diaryl/α,β-unsaturated/α-hetero) is 1. The molecule has 0 saturated carbocycles. The maximum atomic E-state index is 12.8. The third-order valence-electron chi connectivity index (χ3n) is 5.37. The smallest absolute Gasteiger partial charge is 0.150 e. The Morgan fingerprint density at radius 2 is 1.59 bits per heavy atom. The Hall–Kier alpha value is -0.410. The van der Waals surface area contributed by atoms with Crippen LogP contribution in [0, 0.1) is 10.8 Å². The van der Waals surface area contributed by atoms with Crippen LogP contribution in [0.25, 0.3) is 0 Å². The molecule has 2 atom stereocenters. The molecular formula is C14H24N2O. The highest BCUT2D eigenvalue weighted by Crippen LogP contribution is 2.52. The zero-order valence-electron chi connectivity index (χ0n) is 11.5. The summed E-state index contributed by atoms with van der Waals surface area (Å²) >= 11 is 0. The highest BCUT2D eigenvalue weighted by atomic mass is 16.1. The quantitative estimate of drug-likeness (QED) is 0.729. The molecule has 0 amide bonds. The van der Waals surface area contributed by atoms with Crippen molar-refractivity contribution in [1.29, 1.82) is 0 Å². The normalized spacial score (nSPS) is 50.9. The maximum Gasteiger partial charge on any atom is 0.150 e. The van der Waals surface area contributed by atoms with E-state index in [0.717, 1.165) is 39.0 Å². The van der Waals surface area contributed by atoms with E-state index in [1.807, 2.05) is 0 Å². The van der Waals surface area contributed by atoms with Gasteiger partial charge in [-0.3, -0.25) is 14.6 Å². The Balaban J connectivity index is 2.04. The fraction of sp³-hybridized carbons (Fsp3) is 0.929. The fourth-order valence-electron chi connectivity index (χ4n) is 4.44. The molecule has 4 saturated heterocycles. The van der Waals surface area contributed by atoms with Gasteiger partial charge >= 0.3 is 0 Å². The van der Waals surface area contributed by atoms with E-state index in [-0.39, 0.29) is 16.5 Å². The molecule has 4 fully saturated rings. The first-order valence-electron chi connectivity index (χ1n) is 6.89. The van der Waals surface area contributed by atoms with Gasteiger partial charge in [-0.25, -0.2) is 0 Å². The summed E-state index contributed by atoms with van der Waals surface area (Å²) in [5, 5.41) is 0. The average molecular weight is 236 g/mol. The van der Waals surface area contributed by atoms with Crippen LogP contribution in [0.5, 0.6) is 0 Å². The highest BCUT2D eigenvalue weighted by molar-refractivity contribution is 5.93. The van der Waals surface area contributed by atoms with E-state index in [2.05, 4.69) is 37.5 Å². The summed E-state index contributed by atoms with van der Waals surface area (Å²) in [6, 6.07) is 0. The number of ketones is 1. The lowest BCUT2D eigenvalue weighted by Gasteiger charge is -2.69. The van der Waals surface area contributed by atoms with Crippen molar-refractivity contribution >= 4 is 5.78 Å². The van der Waals surface area contributed by atoms with Crippen molar-refractivity contribution in [3.05, 3.63) is 0 Å². The van der Waals surface area contributed by atoms with Crippen molar-refractivity contribution in [1.82, 2.24) is 9.80 Å².